The third-order valence-corrected chi connectivity index (χ3v) is 4.29. The molecule has 1 aliphatic carbocycles. The van der Waals surface area contributed by atoms with Crippen LogP contribution in [-0.2, 0) is 6.42 Å². The van der Waals surface area contributed by atoms with Gasteiger partial charge >= 0.3 is 0 Å². The number of aromatic amines is 1. The number of hydrogen-bond donors (Lipinski definition) is 1. The highest BCUT2D eigenvalue weighted by atomic mass is 15.2. The van der Waals surface area contributed by atoms with Crippen molar-refractivity contribution in [2.24, 2.45) is 0 Å². The normalized spacial score (nSPS) is 16.3. The van der Waals surface area contributed by atoms with Gasteiger partial charge in [-0.05, 0) is 19.3 Å². The van der Waals surface area contributed by atoms with E-state index in [4.69, 9.17) is 0 Å². The van der Waals surface area contributed by atoms with Crippen LogP contribution in [0.25, 0.3) is 0 Å². The Morgan fingerprint density at radius 2 is 1.68 bits per heavy atom. The minimum atomic E-state index is 0.638. The zero-order chi connectivity index (χ0) is 13.3. The fourth-order valence-corrected chi connectivity index (χ4v) is 3.04. The van der Waals surface area contributed by atoms with Crippen molar-refractivity contribution in [3.05, 3.63) is 11.6 Å². The summed E-state index contributed by atoms with van der Waals surface area (Å²) in [6, 6.07) is 0. The van der Waals surface area contributed by atoms with E-state index in [0.29, 0.717) is 5.92 Å². The molecule has 1 heterocycles. The number of nitrogens with one attached hydrogen (secondary N) is 1. The number of hydrogen-bond acceptors (Lipinski definition) is 2. The highest BCUT2D eigenvalue weighted by Crippen LogP contribution is 2.31. The monoisotopic (exact) mass is 263 g/mol. The molecule has 1 fully saturated rings. The smallest absolute Gasteiger partial charge is 0.153 e. The van der Waals surface area contributed by atoms with Crippen LogP contribution in [0.3, 0.4) is 0 Å². The number of H-pyrrole nitrogens is 1. The Balaban J connectivity index is 1.58. The maximum absolute atomic E-state index is 4.67. The first-order chi connectivity index (χ1) is 9.40. The van der Waals surface area contributed by atoms with Crippen molar-refractivity contribution in [2.45, 2.75) is 89.9 Å². The molecule has 1 aromatic heterocycles. The summed E-state index contributed by atoms with van der Waals surface area (Å²) >= 11 is 0. The van der Waals surface area contributed by atoms with Gasteiger partial charge in [0.1, 0.15) is 5.82 Å². The zero-order valence-corrected chi connectivity index (χ0v) is 12.5. The Morgan fingerprint density at radius 1 is 1.00 bits per heavy atom. The number of rotatable bonds is 9. The number of nitrogens with zero attached hydrogens (tertiary/aromatic N) is 2. The molecule has 0 saturated heterocycles. The van der Waals surface area contributed by atoms with Crippen molar-refractivity contribution in [1.29, 1.82) is 0 Å². The molecule has 0 amide bonds. The van der Waals surface area contributed by atoms with Gasteiger partial charge in [0.25, 0.3) is 0 Å². The lowest BCUT2D eigenvalue weighted by molar-refractivity contribution is 0.584. The van der Waals surface area contributed by atoms with Gasteiger partial charge in [0, 0.05) is 12.3 Å². The van der Waals surface area contributed by atoms with Crippen LogP contribution in [0.5, 0.6) is 0 Å². The second kappa shape index (κ2) is 8.34. The van der Waals surface area contributed by atoms with E-state index in [-0.39, 0.29) is 0 Å². The van der Waals surface area contributed by atoms with Gasteiger partial charge in [0.2, 0.25) is 0 Å². The molecule has 0 radical (unpaired) electrons. The van der Waals surface area contributed by atoms with Crippen LogP contribution >= 0.6 is 0 Å². The van der Waals surface area contributed by atoms with Crippen LogP contribution in [0.2, 0.25) is 0 Å². The van der Waals surface area contributed by atoms with Crippen molar-refractivity contribution in [3.63, 3.8) is 0 Å². The first kappa shape index (κ1) is 14.5. The Morgan fingerprint density at radius 3 is 2.42 bits per heavy atom. The lowest BCUT2D eigenvalue weighted by Gasteiger charge is -2.01. The van der Waals surface area contributed by atoms with E-state index < -0.39 is 0 Å². The Bertz CT molecular complexity index is 340. The molecule has 2 rings (SSSR count). The van der Waals surface area contributed by atoms with Crippen LogP contribution in [0.15, 0.2) is 0 Å². The van der Waals surface area contributed by atoms with Crippen molar-refractivity contribution in [2.75, 3.05) is 0 Å². The lowest BCUT2D eigenvalue weighted by Crippen LogP contribution is -1.95. The van der Waals surface area contributed by atoms with Crippen molar-refractivity contribution >= 4 is 0 Å². The minimum absolute atomic E-state index is 0.638. The molecule has 0 aliphatic heterocycles. The topological polar surface area (TPSA) is 41.6 Å². The summed E-state index contributed by atoms with van der Waals surface area (Å²) in [7, 11) is 0. The molecule has 1 aromatic rings. The summed E-state index contributed by atoms with van der Waals surface area (Å²) < 4.78 is 0. The van der Waals surface area contributed by atoms with Crippen LogP contribution in [0, 0.1) is 0 Å². The molecular weight excluding hydrogens is 234 g/mol. The van der Waals surface area contributed by atoms with Gasteiger partial charge in [0.15, 0.2) is 5.82 Å². The van der Waals surface area contributed by atoms with Gasteiger partial charge in [-0.3, -0.25) is 5.10 Å². The third kappa shape index (κ3) is 4.96. The first-order valence-corrected chi connectivity index (χ1v) is 8.31. The van der Waals surface area contributed by atoms with Crippen LogP contribution in [0.4, 0.5) is 0 Å². The van der Waals surface area contributed by atoms with E-state index in [2.05, 4.69) is 22.1 Å². The molecule has 0 aromatic carbocycles. The average molecular weight is 263 g/mol. The van der Waals surface area contributed by atoms with E-state index in [1.165, 1.54) is 70.6 Å². The molecule has 3 heteroatoms. The maximum atomic E-state index is 4.67. The summed E-state index contributed by atoms with van der Waals surface area (Å²) in [4.78, 5) is 4.67. The van der Waals surface area contributed by atoms with Crippen molar-refractivity contribution in [1.82, 2.24) is 15.2 Å². The molecule has 0 spiro atoms. The van der Waals surface area contributed by atoms with Gasteiger partial charge in [0.05, 0.1) is 0 Å². The van der Waals surface area contributed by atoms with Crippen molar-refractivity contribution in [3.8, 4) is 0 Å². The van der Waals surface area contributed by atoms with Crippen LogP contribution in [-0.4, -0.2) is 15.2 Å². The molecule has 1 aliphatic rings. The van der Waals surface area contributed by atoms with Crippen LogP contribution in [0.1, 0.15) is 95.1 Å². The van der Waals surface area contributed by atoms with E-state index in [1.807, 2.05) is 0 Å². The highest BCUT2D eigenvalue weighted by molar-refractivity contribution is 4.99. The minimum Gasteiger partial charge on any atom is -0.263 e. The van der Waals surface area contributed by atoms with Gasteiger partial charge in [-0.25, -0.2) is 4.98 Å². The van der Waals surface area contributed by atoms with Gasteiger partial charge in [-0.15, -0.1) is 0 Å². The maximum Gasteiger partial charge on any atom is 0.153 e. The van der Waals surface area contributed by atoms with Gasteiger partial charge in [-0.2, -0.15) is 5.10 Å². The summed E-state index contributed by atoms with van der Waals surface area (Å²) in [5.74, 6) is 2.82. The predicted molar refractivity (Wildman–Crippen MR) is 79.3 cm³/mol. The number of unbranched alkanes of at least 4 members (excludes halogenated alkanes) is 6. The summed E-state index contributed by atoms with van der Waals surface area (Å²) in [5.41, 5.74) is 0. The fraction of sp³-hybridized carbons (Fsp3) is 0.875. The van der Waals surface area contributed by atoms with E-state index in [9.17, 15) is 0 Å². The number of aryl methyl sites for hydroxylation is 1. The van der Waals surface area contributed by atoms with Crippen molar-refractivity contribution < 1.29 is 0 Å². The largest absolute Gasteiger partial charge is 0.263 e. The standard InChI is InChI=1S/C16H29N3/c1-2-3-4-5-6-7-8-13-15-17-16(19-18-15)14-11-9-10-12-14/h14H,2-13H2,1H3,(H,17,18,19). The molecular formula is C16H29N3. The molecule has 0 unspecified atom stereocenters. The average Bonchev–Trinajstić information content (AvgIpc) is 3.08. The zero-order valence-electron chi connectivity index (χ0n) is 12.5. The second-order valence-electron chi connectivity index (χ2n) is 5.99. The Kier molecular flexibility index (Phi) is 6.38. The highest BCUT2D eigenvalue weighted by Gasteiger charge is 2.20. The molecule has 1 saturated carbocycles. The quantitative estimate of drug-likeness (QED) is 0.653. The molecule has 19 heavy (non-hydrogen) atoms. The summed E-state index contributed by atoms with van der Waals surface area (Å²) in [5, 5.41) is 7.53. The van der Waals surface area contributed by atoms with E-state index in [1.54, 1.807) is 0 Å². The molecule has 0 bridgehead atoms. The third-order valence-electron chi connectivity index (χ3n) is 4.29. The number of aromatic nitrogens is 3. The van der Waals surface area contributed by atoms with Crippen LogP contribution < -0.4 is 0 Å². The van der Waals surface area contributed by atoms with E-state index in [0.717, 1.165) is 18.1 Å². The predicted octanol–water partition coefficient (Wildman–Crippen LogP) is 4.76. The summed E-state index contributed by atoms with van der Waals surface area (Å²) in [6.45, 7) is 2.27. The van der Waals surface area contributed by atoms with Gasteiger partial charge in [-0.1, -0.05) is 58.3 Å². The lowest BCUT2D eigenvalue weighted by atomic mass is 10.1. The molecule has 108 valence electrons. The Labute approximate surface area is 117 Å². The first-order valence-electron chi connectivity index (χ1n) is 8.31. The van der Waals surface area contributed by atoms with E-state index >= 15 is 0 Å². The molecule has 0 atom stereocenters. The SMILES string of the molecule is CCCCCCCCCc1nc(C2CCCC2)n[nH]1. The second-order valence-corrected chi connectivity index (χ2v) is 5.99. The fourth-order valence-electron chi connectivity index (χ4n) is 3.04. The molecule has 1 N–H and O–H groups in total. The van der Waals surface area contributed by atoms with Gasteiger partial charge < -0.3 is 0 Å². The molecule has 3 nitrogen and oxygen atoms in total. The Hall–Kier alpha value is -0.860. The summed E-state index contributed by atoms with van der Waals surface area (Å²) in [6.07, 6.45) is 15.9.